The van der Waals surface area contributed by atoms with Crippen LogP contribution in [0.15, 0.2) is 42.5 Å². The maximum atomic E-state index is 6.18. The maximum Gasteiger partial charge on any atom is 0.127 e. The molecule has 20 heavy (non-hydrogen) atoms. The van der Waals surface area contributed by atoms with E-state index in [4.69, 9.17) is 10.5 Å². The van der Waals surface area contributed by atoms with Crippen LogP contribution in [0, 0.1) is 0 Å². The second kappa shape index (κ2) is 6.25. The summed E-state index contributed by atoms with van der Waals surface area (Å²) in [4.78, 5) is 2.43. The zero-order valence-corrected chi connectivity index (χ0v) is 11.8. The quantitative estimate of drug-likeness (QED) is 0.907. The first kappa shape index (κ1) is 13.4. The van der Waals surface area contributed by atoms with Crippen molar-refractivity contribution >= 4 is 10.8 Å². The van der Waals surface area contributed by atoms with Gasteiger partial charge in [0.1, 0.15) is 12.4 Å². The van der Waals surface area contributed by atoms with Crippen LogP contribution in [-0.2, 0) is 0 Å². The lowest BCUT2D eigenvalue weighted by molar-refractivity contribution is 0.239. The minimum atomic E-state index is 0.0760. The lowest BCUT2D eigenvalue weighted by Crippen LogP contribution is -2.40. The standard InChI is InChI=1S/C17H22N2O/c18-15(12-19-10-3-4-11-19)13-20-17-9-5-7-14-6-1-2-8-16(14)17/h1-2,5-9,15H,3-4,10-13,18H2. The summed E-state index contributed by atoms with van der Waals surface area (Å²) in [7, 11) is 0. The summed E-state index contributed by atoms with van der Waals surface area (Å²) in [6.07, 6.45) is 2.60. The number of hydrogen-bond acceptors (Lipinski definition) is 3. The van der Waals surface area contributed by atoms with Crippen molar-refractivity contribution < 1.29 is 4.74 Å². The average Bonchev–Trinajstić information content (AvgIpc) is 2.98. The molecule has 0 aliphatic carbocycles. The molecule has 1 saturated heterocycles. The third-order valence-electron chi connectivity index (χ3n) is 3.89. The molecule has 1 aliphatic heterocycles. The second-order valence-corrected chi connectivity index (χ2v) is 5.56. The van der Waals surface area contributed by atoms with Gasteiger partial charge in [0.2, 0.25) is 0 Å². The summed E-state index contributed by atoms with van der Waals surface area (Å²) in [5.41, 5.74) is 6.18. The molecule has 2 aromatic carbocycles. The highest BCUT2D eigenvalue weighted by Crippen LogP contribution is 2.25. The summed E-state index contributed by atoms with van der Waals surface area (Å²) in [5.74, 6) is 0.931. The number of likely N-dealkylation sites (tertiary alicyclic amines) is 1. The molecule has 0 saturated carbocycles. The number of rotatable bonds is 5. The molecule has 1 atom stereocenters. The molecule has 1 fully saturated rings. The highest BCUT2D eigenvalue weighted by Gasteiger charge is 2.15. The summed E-state index contributed by atoms with van der Waals surface area (Å²) < 4.78 is 5.94. The fourth-order valence-electron chi connectivity index (χ4n) is 2.87. The molecule has 1 aliphatic rings. The Morgan fingerprint density at radius 1 is 1.05 bits per heavy atom. The summed E-state index contributed by atoms with van der Waals surface area (Å²) in [6, 6.07) is 14.5. The molecule has 0 radical (unpaired) electrons. The van der Waals surface area contributed by atoms with Gasteiger partial charge in [-0.2, -0.15) is 0 Å². The van der Waals surface area contributed by atoms with Gasteiger partial charge in [-0.15, -0.1) is 0 Å². The van der Waals surface area contributed by atoms with Crippen molar-refractivity contribution in [1.82, 2.24) is 4.90 Å². The lowest BCUT2D eigenvalue weighted by Gasteiger charge is -2.20. The first-order valence-corrected chi connectivity index (χ1v) is 7.41. The SMILES string of the molecule is NC(COc1cccc2ccccc12)CN1CCCC1. The minimum Gasteiger partial charge on any atom is -0.491 e. The highest BCUT2D eigenvalue weighted by molar-refractivity contribution is 5.88. The summed E-state index contributed by atoms with van der Waals surface area (Å²) in [5, 5.41) is 2.36. The van der Waals surface area contributed by atoms with Gasteiger partial charge in [-0.25, -0.2) is 0 Å². The highest BCUT2D eigenvalue weighted by atomic mass is 16.5. The van der Waals surface area contributed by atoms with Crippen LogP contribution in [0.1, 0.15) is 12.8 Å². The Labute approximate surface area is 120 Å². The molecule has 0 bridgehead atoms. The predicted octanol–water partition coefficient (Wildman–Crippen LogP) is 2.64. The van der Waals surface area contributed by atoms with Gasteiger partial charge in [0.05, 0.1) is 6.04 Å². The molecule has 0 spiro atoms. The summed E-state index contributed by atoms with van der Waals surface area (Å²) in [6.45, 7) is 3.87. The number of hydrogen-bond donors (Lipinski definition) is 1. The van der Waals surface area contributed by atoms with Crippen molar-refractivity contribution in [3.8, 4) is 5.75 Å². The lowest BCUT2D eigenvalue weighted by atomic mass is 10.1. The van der Waals surface area contributed by atoms with Crippen LogP contribution >= 0.6 is 0 Å². The van der Waals surface area contributed by atoms with Crippen molar-refractivity contribution in [1.29, 1.82) is 0 Å². The number of nitrogens with two attached hydrogens (primary N) is 1. The maximum absolute atomic E-state index is 6.18. The van der Waals surface area contributed by atoms with E-state index in [1.807, 2.05) is 24.3 Å². The second-order valence-electron chi connectivity index (χ2n) is 5.56. The van der Waals surface area contributed by atoms with E-state index in [9.17, 15) is 0 Å². The topological polar surface area (TPSA) is 38.5 Å². The van der Waals surface area contributed by atoms with Crippen LogP contribution < -0.4 is 10.5 Å². The Hall–Kier alpha value is -1.58. The van der Waals surface area contributed by atoms with Gasteiger partial charge >= 0.3 is 0 Å². The third-order valence-corrected chi connectivity index (χ3v) is 3.89. The van der Waals surface area contributed by atoms with Gasteiger partial charge < -0.3 is 15.4 Å². The fourth-order valence-corrected chi connectivity index (χ4v) is 2.87. The van der Waals surface area contributed by atoms with E-state index in [0.717, 1.165) is 17.7 Å². The fraction of sp³-hybridized carbons (Fsp3) is 0.412. The van der Waals surface area contributed by atoms with E-state index in [2.05, 4.69) is 23.1 Å². The third kappa shape index (κ3) is 3.11. The van der Waals surface area contributed by atoms with E-state index in [0.29, 0.717) is 6.61 Å². The van der Waals surface area contributed by atoms with E-state index in [-0.39, 0.29) is 6.04 Å². The van der Waals surface area contributed by atoms with Crippen LogP contribution in [0.25, 0.3) is 10.8 Å². The number of ether oxygens (including phenoxy) is 1. The molecule has 3 nitrogen and oxygen atoms in total. The molecule has 106 valence electrons. The van der Waals surface area contributed by atoms with Gasteiger partial charge in [-0.05, 0) is 37.4 Å². The molecule has 0 aromatic heterocycles. The Balaban J connectivity index is 1.61. The van der Waals surface area contributed by atoms with E-state index < -0.39 is 0 Å². The van der Waals surface area contributed by atoms with Crippen molar-refractivity contribution in [3.05, 3.63) is 42.5 Å². The molecule has 1 heterocycles. The molecule has 3 heteroatoms. The Morgan fingerprint density at radius 3 is 2.65 bits per heavy atom. The molecule has 0 amide bonds. The minimum absolute atomic E-state index is 0.0760. The van der Waals surface area contributed by atoms with Crippen molar-refractivity contribution in [3.63, 3.8) is 0 Å². The largest absolute Gasteiger partial charge is 0.491 e. The average molecular weight is 270 g/mol. The number of nitrogens with zero attached hydrogens (tertiary/aromatic N) is 1. The van der Waals surface area contributed by atoms with E-state index in [1.54, 1.807) is 0 Å². The first-order chi connectivity index (χ1) is 9.83. The van der Waals surface area contributed by atoms with E-state index in [1.165, 1.54) is 31.3 Å². The van der Waals surface area contributed by atoms with Gasteiger partial charge in [-0.1, -0.05) is 36.4 Å². The number of benzene rings is 2. The predicted molar refractivity (Wildman–Crippen MR) is 83.1 cm³/mol. The van der Waals surface area contributed by atoms with Crippen LogP contribution in [0.5, 0.6) is 5.75 Å². The van der Waals surface area contributed by atoms with Crippen LogP contribution in [0.2, 0.25) is 0 Å². The Kier molecular flexibility index (Phi) is 4.19. The monoisotopic (exact) mass is 270 g/mol. The molecular weight excluding hydrogens is 248 g/mol. The van der Waals surface area contributed by atoms with Crippen LogP contribution in [-0.4, -0.2) is 37.2 Å². The molecule has 2 aromatic rings. The van der Waals surface area contributed by atoms with Gasteiger partial charge in [0.15, 0.2) is 0 Å². The van der Waals surface area contributed by atoms with Gasteiger partial charge in [0.25, 0.3) is 0 Å². The molecular formula is C17H22N2O. The summed E-state index contributed by atoms with van der Waals surface area (Å²) >= 11 is 0. The normalized spacial score (nSPS) is 17.4. The van der Waals surface area contributed by atoms with Gasteiger partial charge in [-0.3, -0.25) is 0 Å². The van der Waals surface area contributed by atoms with Crippen molar-refractivity contribution in [2.24, 2.45) is 5.73 Å². The Morgan fingerprint density at radius 2 is 1.80 bits per heavy atom. The smallest absolute Gasteiger partial charge is 0.127 e. The van der Waals surface area contributed by atoms with Gasteiger partial charge in [0, 0.05) is 11.9 Å². The van der Waals surface area contributed by atoms with Crippen LogP contribution in [0.4, 0.5) is 0 Å². The zero-order valence-electron chi connectivity index (χ0n) is 11.8. The molecule has 2 N–H and O–H groups in total. The first-order valence-electron chi connectivity index (χ1n) is 7.41. The van der Waals surface area contributed by atoms with Crippen LogP contribution in [0.3, 0.4) is 0 Å². The van der Waals surface area contributed by atoms with E-state index >= 15 is 0 Å². The van der Waals surface area contributed by atoms with Crippen molar-refractivity contribution in [2.45, 2.75) is 18.9 Å². The molecule has 3 rings (SSSR count). The zero-order chi connectivity index (χ0) is 13.8. The number of fused-ring (bicyclic) bond motifs is 1. The van der Waals surface area contributed by atoms with Crippen molar-refractivity contribution in [2.75, 3.05) is 26.2 Å². The molecule has 1 unspecified atom stereocenters. The Bertz CT molecular complexity index is 558.